The molecule has 0 amide bonds. The molecule has 2 spiro atoms. The van der Waals surface area contributed by atoms with Crippen LogP contribution in [0.1, 0.15) is 117 Å². The molecule has 8 heterocycles. The highest BCUT2D eigenvalue weighted by atomic mass is 17.3. The predicted octanol–water partition coefficient (Wildman–Crippen LogP) is 7.80. The van der Waals surface area contributed by atoms with Gasteiger partial charge in [-0.3, -0.25) is 0 Å². The Hall–Kier alpha value is -1.40. The molecule has 10 aliphatic rings. The van der Waals surface area contributed by atoms with Crippen LogP contribution in [0.3, 0.4) is 0 Å². The van der Waals surface area contributed by atoms with E-state index in [1.807, 2.05) is 44.2 Å². The van der Waals surface area contributed by atoms with Gasteiger partial charge in [0.2, 0.25) is 11.6 Å². The van der Waals surface area contributed by atoms with Gasteiger partial charge in [0.25, 0.3) is 0 Å². The maximum atomic E-state index is 13.2. The van der Waals surface area contributed by atoms with Crippen LogP contribution in [-0.2, 0) is 44.1 Å². The van der Waals surface area contributed by atoms with E-state index in [0.717, 1.165) is 62.5 Å². The number of rotatable bonds is 6. The summed E-state index contributed by atoms with van der Waals surface area (Å²) in [4.78, 5) is 25.0. The minimum absolute atomic E-state index is 0.106. The minimum atomic E-state index is -1.26. The zero-order valence-electron chi connectivity index (χ0n) is 30.8. The van der Waals surface area contributed by atoms with Crippen molar-refractivity contribution in [2.45, 2.75) is 159 Å². The molecule has 1 N–H and O–H groups in total. The van der Waals surface area contributed by atoms with Crippen molar-refractivity contribution < 1.29 is 43.6 Å². The van der Waals surface area contributed by atoms with E-state index in [4.69, 9.17) is 38.5 Å². The first-order valence-corrected chi connectivity index (χ1v) is 19.7. The van der Waals surface area contributed by atoms with Crippen molar-refractivity contribution >= 4 is 6.08 Å². The van der Waals surface area contributed by atoms with Gasteiger partial charge in [-0.1, -0.05) is 64.6 Å². The van der Waals surface area contributed by atoms with E-state index < -0.39 is 41.0 Å². The molecule has 1 aromatic carbocycles. The summed E-state index contributed by atoms with van der Waals surface area (Å²) in [6, 6.07) is 8.16. The molecule has 16 atom stereocenters. The van der Waals surface area contributed by atoms with Crippen LogP contribution in [-0.4, -0.2) is 52.7 Å². The van der Waals surface area contributed by atoms with Crippen molar-refractivity contribution in [3.8, 4) is 0 Å². The summed E-state index contributed by atoms with van der Waals surface area (Å²) >= 11 is 0. The number of benzene rings is 1. The number of ether oxygens (including phenoxy) is 4. The van der Waals surface area contributed by atoms with E-state index in [1.54, 1.807) is 0 Å². The highest BCUT2D eigenvalue weighted by Crippen LogP contribution is 2.63. The minimum Gasteiger partial charge on any atom is -0.385 e. The fraction of sp³-hybridized carbons (Fsp3) is 0.805. The van der Waals surface area contributed by atoms with Gasteiger partial charge >= 0.3 is 0 Å². The van der Waals surface area contributed by atoms with E-state index in [9.17, 15) is 5.11 Å². The molecule has 0 aromatic heterocycles. The van der Waals surface area contributed by atoms with E-state index in [0.29, 0.717) is 24.7 Å². The average Bonchev–Trinajstić information content (AvgIpc) is 3.47. The molecule has 1 aromatic rings. The molecule has 11 rings (SSSR count). The van der Waals surface area contributed by atoms with Gasteiger partial charge in [0, 0.05) is 37.5 Å². The van der Waals surface area contributed by atoms with Crippen LogP contribution < -0.4 is 0 Å². The Labute approximate surface area is 297 Å². The lowest BCUT2D eigenvalue weighted by Crippen LogP contribution is -2.71. The SMILES string of the molecule is C=Cc1ccc(C(O)(C[C@H]2O[C@@H]3O[C@@]4(C)CC[C@H]5[C@H](C)CC[C@@H]([C@H]2C)[C@@]35OO4)C[C@H]2O[C@@H]3O[C@@]4(C)CC[C@H]5[C@H](C)CC[C@@H]([C@H]2C)[C@@]35OO4)cc1. The third-order valence-corrected chi connectivity index (χ3v) is 15.4. The second kappa shape index (κ2) is 11.8. The zero-order valence-corrected chi connectivity index (χ0v) is 30.8. The summed E-state index contributed by atoms with van der Waals surface area (Å²) in [7, 11) is 0. The maximum absolute atomic E-state index is 13.2. The molecule has 2 aliphatic carbocycles. The third-order valence-electron chi connectivity index (χ3n) is 15.4. The summed E-state index contributed by atoms with van der Waals surface area (Å²) < 4.78 is 27.5. The number of hydrogen-bond donors (Lipinski definition) is 1. The van der Waals surface area contributed by atoms with Crippen molar-refractivity contribution in [1.82, 2.24) is 0 Å². The number of aliphatic hydroxyl groups is 1. The number of fused-ring (bicyclic) bond motifs is 4. The molecule has 9 nitrogen and oxygen atoms in total. The maximum Gasteiger partial charge on any atom is 0.201 e. The largest absolute Gasteiger partial charge is 0.385 e. The van der Waals surface area contributed by atoms with Gasteiger partial charge in [0.1, 0.15) is 0 Å². The Bertz CT molecular complexity index is 1390. The van der Waals surface area contributed by atoms with E-state index in [1.165, 1.54) is 0 Å². The van der Waals surface area contributed by atoms with Crippen molar-refractivity contribution in [3.63, 3.8) is 0 Å². The van der Waals surface area contributed by atoms with Crippen molar-refractivity contribution in [2.24, 2.45) is 47.3 Å². The van der Waals surface area contributed by atoms with E-state index in [-0.39, 0.29) is 47.7 Å². The van der Waals surface area contributed by atoms with Gasteiger partial charge in [-0.25, -0.2) is 19.6 Å². The molecule has 8 saturated heterocycles. The highest BCUT2D eigenvalue weighted by molar-refractivity contribution is 5.47. The second-order valence-electron chi connectivity index (χ2n) is 18.2. The third kappa shape index (κ3) is 4.90. The lowest BCUT2D eigenvalue weighted by molar-refractivity contribution is -0.572. The lowest BCUT2D eigenvalue weighted by Gasteiger charge is -2.61. The molecule has 2 saturated carbocycles. The van der Waals surface area contributed by atoms with Crippen molar-refractivity contribution in [3.05, 3.63) is 42.0 Å². The lowest BCUT2D eigenvalue weighted by atomic mass is 9.56. The Morgan fingerprint density at radius 1 is 0.680 bits per heavy atom. The molecule has 9 heteroatoms. The Morgan fingerprint density at radius 3 is 1.58 bits per heavy atom. The van der Waals surface area contributed by atoms with Gasteiger partial charge in [-0.15, -0.1) is 0 Å². The van der Waals surface area contributed by atoms with Gasteiger partial charge in [0.05, 0.1) is 17.8 Å². The molecule has 50 heavy (non-hydrogen) atoms. The summed E-state index contributed by atoms with van der Waals surface area (Å²) in [5.74, 6) is 0.432. The fourth-order valence-electron chi connectivity index (χ4n) is 12.3. The van der Waals surface area contributed by atoms with Crippen molar-refractivity contribution in [1.29, 1.82) is 0 Å². The van der Waals surface area contributed by atoms with E-state index in [2.05, 4.69) is 34.3 Å². The monoisotopic (exact) mass is 694 g/mol. The van der Waals surface area contributed by atoms with Gasteiger partial charge in [-0.2, -0.15) is 0 Å². The number of hydrogen-bond acceptors (Lipinski definition) is 9. The molecule has 276 valence electrons. The van der Waals surface area contributed by atoms with Crippen LogP contribution in [0.15, 0.2) is 30.8 Å². The van der Waals surface area contributed by atoms with Crippen LogP contribution in [0.4, 0.5) is 0 Å². The topological polar surface area (TPSA) is 94.1 Å². The summed E-state index contributed by atoms with van der Waals surface area (Å²) in [6.07, 6.45) is 8.77. The zero-order chi connectivity index (χ0) is 34.8. The first-order chi connectivity index (χ1) is 23.8. The van der Waals surface area contributed by atoms with Crippen LogP contribution in [0, 0.1) is 47.3 Å². The van der Waals surface area contributed by atoms with E-state index >= 15 is 0 Å². The Balaban J connectivity index is 1.06. The Kier molecular flexibility index (Phi) is 8.11. The molecule has 10 fully saturated rings. The van der Waals surface area contributed by atoms with Gasteiger partial charge in [0.15, 0.2) is 23.8 Å². The summed E-state index contributed by atoms with van der Waals surface area (Å²) in [5.41, 5.74) is -0.691. The molecule has 0 unspecified atom stereocenters. The van der Waals surface area contributed by atoms with Gasteiger partial charge < -0.3 is 24.1 Å². The first-order valence-electron chi connectivity index (χ1n) is 19.7. The summed E-state index contributed by atoms with van der Waals surface area (Å²) in [6.45, 7) is 17.1. The second-order valence-corrected chi connectivity index (χ2v) is 18.2. The normalized spacial score (nSPS) is 52.4. The van der Waals surface area contributed by atoms with Gasteiger partial charge in [-0.05, 0) is 99.0 Å². The molecule has 4 bridgehead atoms. The predicted molar refractivity (Wildman–Crippen MR) is 183 cm³/mol. The molecular formula is C41H58O9. The first kappa shape index (κ1) is 34.4. The van der Waals surface area contributed by atoms with Crippen LogP contribution in [0.2, 0.25) is 0 Å². The average molecular weight is 695 g/mol. The van der Waals surface area contributed by atoms with Crippen LogP contribution in [0.5, 0.6) is 0 Å². The molecular weight excluding hydrogens is 636 g/mol. The quantitative estimate of drug-likeness (QED) is 0.300. The van der Waals surface area contributed by atoms with Crippen LogP contribution >= 0.6 is 0 Å². The fourth-order valence-corrected chi connectivity index (χ4v) is 12.3. The standard InChI is InChI=1S/C41H58O9/c1-8-27-11-13-28(14-12-27)39(42,21-33-25(4)31-15-9-23(2)29-17-19-37(6)45-35(43-33)40(29,31)49-47-37)22-34-26(5)32-16-10-24(3)30-18-20-38(7)46-36(44-34)41(30,32)50-48-38/h8,11-14,23-26,29-36,42H,1,9-10,15-22H2,2-7H3/t23-,24-,25-,26-,29+,30+,31+,32+,33-,34-,35-,36-,37-,38-,40-,41-/m1/s1. The molecule has 0 radical (unpaired) electrons. The van der Waals surface area contributed by atoms with Crippen LogP contribution in [0.25, 0.3) is 6.08 Å². The van der Waals surface area contributed by atoms with Crippen molar-refractivity contribution in [2.75, 3.05) is 0 Å². The molecule has 8 aliphatic heterocycles. The smallest absolute Gasteiger partial charge is 0.201 e. The summed E-state index contributed by atoms with van der Waals surface area (Å²) in [5, 5.41) is 13.2. The highest BCUT2D eigenvalue weighted by Gasteiger charge is 2.71. The Morgan fingerprint density at radius 2 is 1.14 bits per heavy atom.